The van der Waals surface area contributed by atoms with Crippen LogP contribution in [0.3, 0.4) is 0 Å². The number of carbonyl (C=O) groups is 1. The van der Waals surface area contributed by atoms with Crippen molar-refractivity contribution < 1.29 is 22.2 Å². The van der Waals surface area contributed by atoms with Crippen molar-refractivity contribution in [1.29, 1.82) is 0 Å². The Balaban J connectivity index is 1.52. The van der Waals surface area contributed by atoms with E-state index in [9.17, 15) is 13.2 Å². The predicted octanol–water partition coefficient (Wildman–Crippen LogP) is 2.73. The Bertz CT molecular complexity index is 1040. The molecule has 0 radical (unpaired) electrons. The maximum Gasteiger partial charge on any atom is 0.277 e. The number of rotatable bonds is 4. The van der Waals surface area contributed by atoms with Crippen LogP contribution in [0.25, 0.3) is 11.5 Å². The number of furan rings is 1. The maximum atomic E-state index is 12.4. The van der Waals surface area contributed by atoms with Gasteiger partial charge in [0.05, 0.1) is 17.7 Å². The molecule has 1 saturated heterocycles. The van der Waals surface area contributed by atoms with E-state index in [1.807, 2.05) is 0 Å². The van der Waals surface area contributed by atoms with Gasteiger partial charge in [-0.25, -0.2) is 8.42 Å². The number of amides is 1. The minimum absolute atomic E-state index is 0.0931. The molecule has 0 atom stereocenters. The lowest BCUT2D eigenvalue weighted by Gasteiger charge is -2.17. The SMILES string of the molecule is O=C(Nc1cccc(N2CCCS2(=O)=O)c1)c1cc(-c2ccco2)on1. The van der Waals surface area contributed by atoms with E-state index in [1.54, 1.807) is 36.4 Å². The van der Waals surface area contributed by atoms with E-state index >= 15 is 0 Å². The minimum atomic E-state index is -3.28. The van der Waals surface area contributed by atoms with E-state index < -0.39 is 15.9 Å². The van der Waals surface area contributed by atoms with Crippen LogP contribution < -0.4 is 9.62 Å². The molecule has 9 heteroatoms. The number of anilines is 2. The molecule has 26 heavy (non-hydrogen) atoms. The molecule has 0 unspecified atom stereocenters. The molecule has 0 aliphatic carbocycles. The molecule has 134 valence electrons. The van der Waals surface area contributed by atoms with Crippen LogP contribution in [0.5, 0.6) is 0 Å². The highest BCUT2D eigenvalue weighted by Crippen LogP contribution is 2.27. The second kappa shape index (κ2) is 6.34. The molecule has 1 amide bonds. The Morgan fingerprint density at radius 2 is 2.04 bits per heavy atom. The smallest absolute Gasteiger partial charge is 0.277 e. The highest BCUT2D eigenvalue weighted by molar-refractivity contribution is 7.93. The fraction of sp³-hybridized carbons (Fsp3) is 0.176. The molecular weight excluding hydrogens is 358 g/mol. The number of carbonyl (C=O) groups excluding carboxylic acids is 1. The Morgan fingerprint density at radius 1 is 1.15 bits per heavy atom. The molecule has 1 aliphatic rings. The van der Waals surface area contributed by atoms with Crippen molar-refractivity contribution in [3.63, 3.8) is 0 Å². The van der Waals surface area contributed by atoms with Crippen LogP contribution in [0.2, 0.25) is 0 Å². The van der Waals surface area contributed by atoms with Gasteiger partial charge in [-0.15, -0.1) is 0 Å². The molecular formula is C17H15N3O5S. The molecule has 1 N–H and O–H groups in total. The number of hydrogen-bond acceptors (Lipinski definition) is 6. The van der Waals surface area contributed by atoms with Gasteiger partial charge in [0.1, 0.15) is 0 Å². The summed E-state index contributed by atoms with van der Waals surface area (Å²) in [7, 11) is -3.28. The summed E-state index contributed by atoms with van der Waals surface area (Å²) in [6, 6.07) is 11.6. The Morgan fingerprint density at radius 3 is 2.77 bits per heavy atom. The zero-order valence-corrected chi connectivity index (χ0v) is 14.4. The van der Waals surface area contributed by atoms with Crippen LogP contribution in [0.4, 0.5) is 11.4 Å². The normalized spacial score (nSPS) is 15.9. The van der Waals surface area contributed by atoms with Gasteiger partial charge in [-0.1, -0.05) is 11.2 Å². The topological polar surface area (TPSA) is 106 Å². The van der Waals surface area contributed by atoms with Gasteiger partial charge < -0.3 is 14.3 Å². The van der Waals surface area contributed by atoms with Crippen molar-refractivity contribution in [3.05, 3.63) is 54.4 Å². The van der Waals surface area contributed by atoms with Crippen molar-refractivity contribution in [2.45, 2.75) is 6.42 Å². The zero-order chi connectivity index (χ0) is 18.1. The van der Waals surface area contributed by atoms with Gasteiger partial charge in [0.2, 0.25) is 15.8 Å². The first-order chi connectivity index (χ1) is 12.5. The number of benzene rings is 1. The van der Waals surface area contributed by atoms with Crippen LogP contribution in [0.15, 0.2) is 57.7 Å². The summed E-state index contributed by atoms with van der Waals surface area (Å²) in [5.41, 5.74) is 1.09. The van der Waals surface area contributed by atoms with Crippen LogP contribution in [-0.4, -0.2) is 31.8 Å². The van der Waals surface area contributed by atoms with Crippen molar-refractivity contribution in [3.8, 4) is 11.5 Å². The second-order valence-electron chi connectivity index (χ2n) is 5.80. The largest absolute Gasteiger partial charge is 0.461 e. The van der Waals surface area contributed by atoms with Crippen LogP contribution >= 0.6 is 0 Å². The number of nitrogens with zero attached hydrogens (tertiary/aromatic N) is 2. The molecule has 0 bridgehead atoms. The summed E-state index contributed by atoms with van der Waals surface area (Å²) in [5, 5.41) is 6.43. The summed E-state index contributed by atoms with van der Waals surface area (Å²) in [6.45, 7) is 0.440. The Labute approximate surface area is 149 Å². The molecule has 1 fully saturated rings. The first kappa shape index (κ1) is 16.4. The predicted molar refractivity (Wildman–Crippen MR) is 94.4 cm³/mol. The van der Waals surface area contributed by atoms with Gasteiger partial charge in [0, 0.05) is 18.3 Å². The summed E-state index contributed by atoms with van der Waals surface area (Å²) in [5.74, 6) is 0.487. The fourth-order valence-electron chi connectivity index (χ4n) is 2.78. The lowest BCUT2D eigenvalue weighted by molar-refractivity contribution is 0.101. The molecule has 3 heterocycles. The van der Waals surface area contributed by atoms with E-state index in [1.165, 1.54) is 16.6 Å². The number of hydrogen-bond donors (Lipinski definition) is 1. The lowest BCUT2D eigenvalue weighted by atomic mass is 10.2. The Hall–Kier alpha value is -3.07. The quantitative estimate of drug-likeness (QED) is 0.754. The van der Waals surface area contributed by atoms with E-state index in [0.717, 1.165) is 0 Å². The molecule has 0 saturated carbocycles. The monoisotopic (exact) mass is 373 g/mol. The van der Waals surface area contributed by atoms with Crippen LogP contribution in [0, 0.1) is 0 Å². The maximum absolute atomic E-state index is 12.4. The third kappa shape index (κ3) is 3.08. The zero-order valence-electron chi connectivity index (χ0n) is 13.6. The van der Waals surface area contributed by atoms with Gasteiger partial charge in [-0.3, -0.25) is 9.10 Å². The van der Waals surface area contributed by atoms with Crippen molar-refractivity contribution in [2.24, 2.45) is 0 Å². The third-order valence-electron chi connectivity index (χ3n) is 4.00. The van der Waals surface area contributed by atoms with E-state index in [2.05, 4.69) is 10.5 Å². The summed E-state index contributed by atoms with van der Waals surface area (Å²) in [4.78, 5) is 12.4. The van der Waals surface area contributed by atoms with Crippen molar-refractivity contribution in [2.75, 3.05) is 21.9 Å². The molecule has 1 aliphatic heterocycles. The molecule has 0 spiro atoms. The highest BCUT2D eigenvalue weighted by atomic mass is 32.2. The minimum Gasteiger partial charge on any atom is -0.461 e. The van der Waals surface area contributed by atoms with Gasteiger partial charge >= 0.3 is 0 Å². The first-order valence-electron chi connectivity index (χ1n) is 7.95. The van der Waals surface area contributed by atoms with E-state index in [0.29, 0.717) is 35.9 Å². The van der Waals surface area contributed by atoms with E-state index in [4.69, 9.17) is 8.94 Å². The average Bonchev–Trinajstić information content (AvgIpc) is 3.35. The molecule has 2 aromatic heterocycles. The van der Waals surface area contributed by atoms with Gasteiger partial charge in [-0.05, 0) is 36.8 Å². The lowest BCUT2D eigenvalue weighted by Crippen LogP contribution is -2.25. The average molecular weight is 373 g/mol. The standard InChI is InChI=1S/C17H15N3O5S/c21-17(14-11-16(25-19-14)15-6-2-8-24-15)18-12-4-1-5-13(10-12)20-7-3-9-26(20,22)23/h1-2,4-6,8,10-11H,3,7,9H2,(H,18,21). The summed E-state index contributed by atoms with van der Waals surface area (Å²) < 4.78 is 35.7. The van der Waals surface area contributed by atoms with Gasteiger partial charge in [0.25, 0.3) is 5.91 Å². The molecule has 4 rings (SSSR count). The van der Waals surface area contributed by atoms with Crippen molar-refractivity contribution in [1.82, 2.24) is 5.16 Å². The van der Waals surface area contributed by atoms with Crippen LogP contribution in [0.1, 0.15) is 16.9 Å². The van der Waals surface area contributed by atoms with Gasteiger partial charge in [-0.2, -0.15) is 0 Å². The van der Waals surface area contributed by atoms with E-state index in [-0.39, 0.29) is 11.4 Å². The number of nitrogens with one attached hydrogen (secondary N) is 1. The van der Waals surface area contributed by atoms with Crippen LogP contribution in [-0.2, 0) is 10.0 Å². The number of aromatic nitrogens is 1. The number of sulfonamides is 1. The third-order valence-corrected chi connectivity index (χ3v) is 5.87. The fourth-order valence-corrected chi connectivity index (χ4v) is 4.34. The van der Waals surface area contributed by atoms with Crippen molar-refractivity contribution >= 4 is 27.3 Å². The first-order valence-corrected chi connectivity index (χ1v) is 9.56. The second-order valence-corrected chi connectivity index (χ2v) is 7.81. The molecule has 3 aromatic rings. The summed E-state index contributed by atoms with van der Waals surface area (Å²) in [6.07, 6.45) is 2.09. The van der Waals surface area contributed by atoms with Gasteiger partial charge in [0.15, 0.2) is 11.5 Å². The molecule has 1 aromatic carbocycles. The molecule has 8 nitrogen and oxygen atoms in total. The highest BCUT2D eigenvalue weighted by Gasteiger charge is 2.28. The summed E-state index contributed by atoms with van der Waals surface area (Å²) >= 11 is 0. The Kier molecular flexibility index (Phi) is 4.00.